The van der Waals surface area contributed by atoms with Crippen molar-refractivity contribution in [1.82, 2.24) is 34.2 Å². The van der Waals surface area contributed by atoms with Gasteiger partial charge in [-0.3, -0.25) is 0 Å². The molecule has 2 N–H and O–H groups in total. The summed E-state index contributed by atoms with van der Waals surface area (Å²) < 4.78 is 2.09. The Morgan fingerprint density at radius 1 is 0.871 bits per heavy atom. The molecule has 31 heavy (non-hydrogen) atoms. The van der Waals surface area contributed by atoms with E-state index >= 15 is 0 Å². The molecule has 174 valence electrons. The number of nitrogens with zero attached hydrogens (tertiary/aromatic N) is 7. The molecule has 3 rings (SSSR count). The maximum Gasteiger partial charge on any atom is 0.165 e. The summed E-state index contributed by atoms with van der Waals surface area (Å²) in [5, 5.41) is 0. The van der Waals surface area contributed by atoms with Crippen molar-refractivity contribution in [2.24, 2.45) is 11.8 Å². The quantitative estimate of drug-likeness (QED) is 0.554. The SMILES string of the molecule is CC(C)CN(CCCN1CCN(CCCn2cnc3c(N)ncnc32)CC1)CC(C)C. The average Bonchev–Trinajstić information content (AvgIpc) is 3.13. The van der Waals surface area contributed by atoms with Gasteiger partial charge >= 0.3 is 0 Å². The third kappa shape index (κ3) is 7.40. The van der Waals surface area contributed by atoms with Gasteiger partial charge in [0.1, 0.15) is 11.8 Å². The summed E-state index contributed by atoms with van der Waals surface area (Å²) in [6.45, 7) is 20.9. The van der Waals surface area contributed by atoms with Gasteiger partial charge in [0, 0.05) is 45.8 Å². The van der Waals surface area contributed by atoms with E-state index in [0.29, 0.717) is 11.3 Å². The standard InChI is InChI=1S/C23H42N8/c1-19(2)15-30(16-20(3)4)9-5-7-28-11-13-29(14-12-28)8-6-10-31-18-27-21-22(24)25-17-26-23(21)31/h17-20H,5-16H2,1-4H3,(H2,24,25,26). The molecule has 2 aromatic heterocycles. The van der Waals surface area contributed by atoms with Crippen LogP contribution in [0.5, 0.6) is 0 Å². The molecule has 0 unspecified atom stereocenters. The van der Waals surface area contributed by atoms with Gasteiger partial charge in [-0.15, -0.1) is 0 Å². The summed E-state index contributed by atoms with van der Waals surface area (Å²) in [7, 11) is 0. The zero-order valence-electron chi connectivity index (χ0n) is 20.0. The van der Waals surface area contributed by atoms with Crippen LogP contribution in [0.3, 0.4) is 0 Å². The van der Waals surface area contributed by atoms with Crippen LogP contribution in [0.4, 0.5) is 5.82 Å². The Balaban J connectivity index is 1.32. The number of fused-ring (bicyclic) bond motifs is 1. The summed E-state index contributed by atoms with van der Waals surface area (Å²) in [6.07, 6.45) is 5.71. The minimum Gasteiger partial charge on any atom is -0.382 e. The Hall–Kier alpha value is -1.77. The van der Waals surface area contributed by atoms with E-state index in [-0.39, 0.29) is 0 Å². The fourth-order valence-electron chi connectivity index (χ4n) is 4.57. The van der Waals surface area contributed by atoms with Gasteiger partial charge in [0.05, 0.1) is 6.33 Å². The van der Waals surface area contributed by atoms with E-state index in [1.54, 1.807) is 0 Å². The lowest BCUT2D eigenvalue weighted by Gasteiger charge is -2.35. The van der Waals surface area contributed by atoms with Gasteiger partial charge < -0.3 is 25.0 Å². The van der Waals surface area contributed by atoms with Crippen molar-refractivity contribution in [1.29, 1.82) is 0 Å². The van der Waals surface area contributed by atoms with Crippen LogP contribution in [0.2, 0.25) is 0 Å². The predicted octanol–water partition coefficient (Wildman–Crippen LogP) is 2.42. The molecule has 8 nitrogen and oxygen atoms in total. The largest absolute Gasteiger partial charge is 0.382 e. The number of nitrogen functional groups attached to an aromatic ring is 1. The molecule has 3 heterocycles. The van der Waals surface area contributed by atoms with E-state index < -0.39 is 0 Å². The van der Waals surface area contributed by atoms with Gasteiger partial charge in [0.15, 0.2) is 11.5 Å². The van der Waals surface area contributed by atoms with Crippen LogP contribution in [0, 0.1) is 11.8 Å². The second-order valence-corrected chi connectivity index (χ2v) is 9.81. The molecule has 0 aromatic carbocycles. The predicted molar refractivity (Wildman–Crippen MR) is 128 cm³/mol. The Morgan fingerprint density at radius 2 is 1.48 bits per heavy atom. The van der Waals surface area contributed by atoms with Crippen molar-refractivity contribution in [2.45, 2.75) is 47.1 Å². The van der Waals surface area contributed by atoms with Crippen molar-refractivity contribution in [3.8, 4) is 0 Å². The number of hydrogen-bond donors (Lipinski definition) is 1. The molecular weight excluding hydrogens is 388 g/mol. The van der Waals surface area contributed by atoms with Crippen molar-refractivity contribution in [3.05, 3.63) is 12.7 Å². The minimum atomic E-state index is 0.455. The van der Waals surface area contributed by atoms with Gasteiger partial charge in [0.2, 0.25) is 0 Å². The number of nitrogens with two attached hydrogens (primary N) is 1. The Labute approximate surface area is 187 Å². The number of rotatable bonds is 12. The Morgan fingerprint density at radius 3 is 2.10 bits per heavy atom. The molecule has 0 atom stereocenters. The first-order valence-corrected chi connectivity index (χ1v) is 12.0. The molecule has 1 aliphatic heterocycles. The highest BCUT2D eigenvalue weighted by molar-refractivity contribution is 5.80. The van der Waals surface area contributed by atoms with E-state index in [1.165, 1.54) is 65.1 Å². The number of anilines is 1. The molecule has 1 aliphatic rings. The lowest BCUT2D eigenvalue weighted by Crippen LogP contribution is -2.47. The van der Waals surface area contributed by atoms with Crippen LogP contribution in [-0.4, -0.2) is 93.1 Å². The van der Waals surface area contributed by atoms with E-state index in [1.807, 2.05) is 6.33 Å². The second kappa shape index (κ2) is 11.7. The van der Waals surface area contributed by atoms with Crippen LogP contribution in [0.1, 0.15) is 40.5 Å². The highest BCUT2D eigenvalue weighted by atomic mass is 15.3. The van der Waals surface area contributed by atoms with Crippen molar-refractivity contribution >= 4 is 17.0 Å². The van der Waals surface area contributed by atoms with E-state index in [0.717, 1.165) is 37.0 Å². The third-order valence-electron chi connectivity index (χ3n) is 5.96. The van der Waals surface area contributed by atoms with Gasteiger partial charge in [-0.1, -0.05) is 27.7 Å². The van der Waals surface area contributed by atoms with Crippen LogP contribution < -0.4 is 5.73 Å². The number of aromatic nitrogens is 4. The van der Waals surface area contributed by atoms with E-state index in [2.05, 4.69) is 61.9 Å². The number of piperazine rings is 1. The highest BCUT2D eigenvalue weighted by Crippen LogP contribution is 2.14. The number of aryl methyl sites for hydroxylation is 1. The third-order valence-corrected chi connectivity index (χ3v) is 5.96. The molecule has 0 bridgehead atoms. The molecule has 0 spiro atoms. The first kappa shape index (κ1) is 23.9. The van der Waals surface area contributed by atoms with E-state index in [4.69, 9.17) is 5.73 Å². The first-order valence-electron chi connectivity index (χ1n) is 12.0. The van der Waals surface area contributed by atoms with Crippen LogP contribution in [0.25, 0.3) is 11.2 Å². The van der Waals surface area contributed by atoms with Crippen molar-refractivity contribution < 1.29 is 0 Å². The fourth-order valence-corrected chi connectivity index (χ4v) is 4.57. The number of hydrogen-bond acceptors (Lipinski definition) is 7. The molecular formula is C23H42N8. The van der Waals surface area contributed by atoms with Gasteiger partial charge in [-0.05, 0) is 44.3 Å². The normalized spacial score (nSPS) is 16.4. The highest BCUT2D eigenvalue weighted by Gasteiger charge is 2.17. The summed E-state index contributed by atoms with van der Waals surface area (Å²) >= 11 is 0. The molecule has 1 fully saturated rings. The van der Waals surface area contributed by atoms with Crippen molar-refractivity contribution in [2.75, 3.05) is 64.6 Å². The molecule has 1 saturated heterocycles. The fraction of sp³-hybridized carbons (Fsp3) is 0.783. The van der Waals surface area contributed by atoms with Crippen molar-refractivity contribution in [3.63, 3.8) is 0 Å². The van der Waals surface area contributed by atoms with Gasteiger partial charge in [-0.25, -0.2) is 15.0 Å². The van der Waals surface area contributed by atoms with Crippen LogP contribution >= 0.6 is 0 Å². The topological polar surface area (TPSA) is 79.3 Å². The van der Waals surface area contributed by atoms with E-state index in [9.17, 15) is 0 Å². The molecule has 0 amide bonds. The lowest BCUT2D eigenvalue weighted by molar-refractivity contribution is 0.122. The molecule has 8 heteroatoms. The molecule has 0 radical (unpaired) electrons. The maximum atomic E-state index is 5.88. The Kier molecular flexibility index (Phi) is 9.04. The average molecular weight is 431 g/mol. The van der Waals surface area contributed by atoms with Crippen LogP contribution in [0.15, 0.2) is 12.7 Å². The molecule has 0 aliphatic carbocycles. The lowest BCUT2D eigenvalue weighted by atomic mass is 10.1. The molecule has 0 saturated carbocycles. The summed E-state index contributed by atoms with van der Waals surface area (Å²) in [5.74, 6) is 1.94. The first-order chi connectivity index (χ1) is 14.9. The smallest absolute Gasteiger partial charge is 0.165 e. The monoisotopic (exact) mass is 430 g/mol. The minimum absolute atomic E-state index is 0.455. The second-order valence-electron chi connectivity index (χ2n) is 9.81. The maximum absolute atomic E-state index is 5.88. The van der Waals surface area contributed by atoms with Gasteiger partial charge in [-0.2, -0.15) is 0 Å². The van der Waals surface area contributed by atoms with Crippen LogP contribution in [-0.2, 0) is 6.54 Å². The number of imidazole rings is 1. The van der Waals surface area contributed by atoms with Gasteiger partial charge in [0.25, 0.3) is 0 Å². The summed E-state index contributed by atoms with van der Waals surface area (Å²) in [5.41, 5.74) is 7.42. The summed E-state index contributed by atoms with van der Waals surface area (Å²) in [6, 6.07) is 0. The molecule has 2 aromatic rings. The zero-order valence-corrected chi connectivity index (χ0v) is 20.0. The summed E-state index contributed by atoms with van der Waals surface area (Å²) in [4.78, 5) is 20.6. The zero-order chi connectivity index (χ0) is 22.2. The Bertz CT molecular complexity index is 769.